The SMILES string of the molecule is CC(C=O)(CNC(Cc1cccc(S(C)(=O)=O)c1)C(=O)NC(CC1CCCC1)C(=O)C1(C)CO1)NC(=O)CN1CCOCC1. The summed E-state index contributed by atoms with van der Waals surface area (Å²) in [5.41, 5.74) is -1.66. The molecule has 4 rings (SSSR count). The van der Waals surface area contributed by atoms with Gasteiger partial charge in [-0.15, -0.1) is 0 Å². The molecule has 4 unspecified atom stereocenters. The third kappa shape index (κ3) is 9.64. The summed E-state index contributed by atoms with van der Waals surface area (Å²) >= 11 is 0. The molecule has 244 valence electrons. The molecule has 0 bridgehead atoms. The Labute approximate surface area is 259 Å². The van der Waals surface area contributed by atoms with Crippen LogP contribution in [0.3, 0.4) is 0 Å². The first-order valence-electron chi connectivity index (χ1n) is 15.4. The Balaban J connectivity index is 1.50. The Morgan fingerprint density at radius 2 is 1.84 bits per heavy atom. The van der Waals surface area contributed by atoms with Crippen molar-refractivity contribution < 1.29 is 37.1 Å². The lowest BCUT2D eigenvalue weighted by molar-refractivity contribution is -0.132. The first kappa shape index (κ1) is 34.2. The Hall–Kier alpha value is -2.71. The molecule has 3 N–H and O–H groups in total. The van der Waals surface area contributed by atoms with Crippen LogP contribution in [0.1, 0.15) is 51.5 Å². The van der Waals surface area contributed by atoms with E-state index >= 15 is 0 Å². The second-order valence-corrected chi connectivity index (χ2v) is 14.9. The number of nitrogens with zero attached hydrogens (tertiary/aromatic N) is 1. The fraction of sp³-hybridized carbons (Fsp3) is 0.677. The van der Waals surface area contributed by atoms with Crippen LogP contribution in [-0.2, 0) is 44.9 Å². The summed E-state index contributed by atoms with van der Waals surface area (Å²) < 4.78 is 35.1. The highest BCUT2D eigenvalue weighted by Gasteiger charge is 2.50. The van der Waals surface area contributed by atoms with Crippen LogP contribution in [-0.4, -0.2) is 113 Å². The van der Waals surface area contributed by atoms with E-state index in [1.165, 1.54) is 12.1 Å². The molecule has 2 aliphatic heterocycles. The zero-order valence-corrected chi connectivity index (χ0v) is 26.7. The lowest BCUT2D eigenvalue weighted by atomic mass is 9.90. The predicted octanol–water partition coefficient (Wildman–Crippen LogP) is 0.420. The standard InChI is InChI=1S/C31H46N4O8S/c1-30(20-36,34-27(37)18-35-11-13-42-14-12-35)19-32-26(17-23-9-6-10-24(15-23)44(3,40)41)29(39)33-25(16-22-7-4-5-8-22)28(38)31(2)21-43-31/h6,9-10,15,20,22,25-26,32H,4-5,7-8,11-14,16-19,21H2,1-3H3,(H,33,39)(H,34,37). The number of aldehydes is 1. The van der Waals surface area contributed by atoms with E-state index in [-0.39, 0.29) is 36.1 Å². The number of hydrogen-bond donors (Lipinski definition) is 3. The summed E-state index contributed by atoms with van der Waals surface area (Å²) in [7, 11) is -3.48. The van der Waals surface area contributed by atoms with E-state index < -0.39 is 39.0 Å². The quantitative estimate of drug-likeness (QED) is 0.172. The van der Waals surface area contributed by atoms with Gasteiger partial charge in [0.25, 0.3) is 0 Å². The lowest BCUT2D eigenvalue weighted by Gasteiger charge is -2.31. The van der Waals surface area contributed by atoms with Gasteiger partial charge in [0.15, 0.2) is 15.6 Å². The van der Waals surface area contributed by atoms with Gasteiger partial charge in [-0.25, -0.2) is 8.42 Å². The Morgan fingerprint density at radius 3 is 2.45 bits per heavy atom. The third-order valence-corrected chi connectivity index (χ3v) is 9.84. The van der Waals surface area contributed by atoms with Crippen molar-refractivity contribution in [3.63, 3.8) is 0 Å². The number of carbonyl (C=O) groups excluding carboxylic acids is 4. The molecule has 12 nitrogen and oxygen atoms in total. The minimum absolute atomic E-state index is 0.0722. The number of hydrogen-bond acceptors (Lipinski definition) is 10. The van der Waals surface area contributed by atoms with E-state index in [4.69, 9.17) is 9.47 Å². The summed E-state index contributed by atoms with van der Waals surface area (Å²) in [4.78, 5) is 54.4. The van der Waals surface area contributed by atoms with Crippen molar-refractivity contribution in [3.8, 4) is 0 Å². The molecule has 0 radical (unpaired) electrons. The van der Waals surface area contributed by atoms with Crippen LogP contribution in [0.2, 0.25) is 0 Å². The van der Waals surface area contributed by atoms with E-state index in [9.17, 15) is 27.6 Å². The number of rotatable bonds is 16. The van der Waals surface area contributed by atoms with Gasteiger partial charge in [0, 0.05) is 25.9 Å². The molecule has 0 aromatic heterocycles. The van der Waals surface area contributed by atoms with Crippen LogP contribution in [0.5, 0.6) is 0 Å². The third-order valence-electron chi connectivity index (χ3n) is 8.73. The molecular formula is C31H46N4O8S. The first-order chi connectivity index (χ1) is 20.8. The number of carbonyl (C=O) groups is 4. The van der Waals surface area contributed by atoms with Gasteiger partial charge in [0.1, 0.15) is 17.4 Å². The van der Waals surface area contributed by atoms with Crippen molar-refractivity contribution in [1.29, 1.82) is 0 Å². The van der Waals surface area contributed by atoms with Crippen LogP contribution in [0.25, 0.3) is 0 Å². The number of ether oxygens (including phenoxy) is 2. The minimum Gasteiger partial charge on any atom is -0.379 e. The smallest absolute Gasteiger partial charge is 0.238 e. The second kappa shape index (κ2) is 14.6. The molecule has 0 spiro atoms. The number of morpholine rings is 1. The average Bonchev–Trinajstić information content (AvgIpc) is 3.52. The van der Waals surface area contributed by atoms with E-state index in [1.54, 1.807) is 26.0 Å². The highest BCUT2D eigenvalue weighted by molar-refractivity contribution is 7.90. The van der Waals surface area contributed by atoms with Gasteiger partial charge in [-0.2, -0.15) is 0 Å². The predicted molar refractivity (Wildman–Crippen MR) is 163 cm³/mol. The van der Waals surface area contributed by atoms with Gasteiger partial charge in [-0.05, 0) is 50.3 Å². The number of nitrogens with one attached hydrogen (secondary N) is 3. The summed E-state index contributed by atoms with van der Waals surface area (Å²) in [6, 6.07) is 4.66. The Bertz CT molecular complexity index is 1310. The average molecular weight is 635 g/mol. The molecule has 2 amide bonds. The van der Waals surface area contributed by atoms with Crippen molar-refractivity contribution >= 4 is 33.7 Å². The van der Waals surface area contributed by atoms with Crippen molar-refractivity contribution in [1.82, 2.24) is 20.9 Å². The van der Waals surface area contributed by atoms with E-state index in [2.05, 4.69) is 16.0 Å². The molecule has 1 aromatic carbocycles. The van der Waals surface area contributed by atoms with Crippen LogP contribution >= 0.6 is 0 Å². The molecule has 3 aliphatic rings. The molecule has 3 fully saturated rings. The first-order valence-corrected chi connectivity index (χ1v) is 17.3. The van der Waals surface area contributed by atoms with Crippen LogP contribution < -0.4 is 16.0 Å². The van der Waals surface area contributed by atoms with Crippen LogP contribution in [0.15, 0.2) is 29.2 Å². The zero-order valence-electron chi connectivity index (χ0n) is 25.9. The number of Topliss-reactive ketones (excluding diaryl/α,β-unsaturated/α-hetero) is 1. The van der Waals surface area contributed by atoms with Gasteiger partial charge in [0.05, 0.1) is 43.3 Å². The van der Waals surface area contributed by atoms with Gasteiger partial charge >= 0.3 is 0 Å². The van der Waals surface area contributed by atoms with E-state index in [0.29, 0.717) is 57.1 Å². The second-order valence-electron chi connectivity index (χ2n) is 12.9. The molecule has 2 saturated heterocycles. The molecule has 13 heteroatoms. The van der Waals surface area contributed by atoms with Gasteiger partial charge < -0.3 is 30.2 Å². The largest absolute Gasteiger partial charge is 0.379 e. The number of ketones is 1. The fourth-order valence-corrected chi connectivity index (χ4v) is 6.56. The van der Waals surface area contributed by atoms with Crippen molar-refractivity contribution in [2.75, 3.05) is 52.3 Å². The highest BCUT2D eigenvalue weighted by atomic mass is 32.2. The summed E-state index contributed by atoms with van der Waals surface area (Å²) in [5, 5.41) is 8.88. The number of epoxide rings is 1. The maximum absolute atomic E-state index is 13.9. The van der Waals surface area contributed by atoms with Gasteiger partial charge in [-0.3, -0.25) is 19.3 Å². The summed E-state index contributed by atoms with van der Waals surface area (Å²) in [6.45, 7) is 5.94. The minimum atomic E-state index is -3.48. The van der Waals surface area contributed by atoms with E-state index in [0.717, 1.165) is 31.9 Å². The van der Waals surface area contributed by atoms with Gasteiger partial charge in [0.2, 0.25) is 11.8 Å². The number of amides is 2. The molecule has 4 atom stereocenters. The molecule has 1 saturated carbocycles. The lowest BCUT2D eigenvalue weighted by Crippen LogP contribution is -2.60. The highest BCUT2D eigenvalue weighted by Crippen LogP contribution is 2.33. The molecular weight excluding hydrogens is 588 g/mol. The van der Waals surface area contributed by atoms with Crippen molar-refractivity contribution in [2.45, 2.75) is 80.5 Å². The van der Waals surface area contributed by atoms with Crippen molar-refractivity contribution in [2.24, 2.45) is 5.92 Å². The van der Waals surface area contributed by atoms with E-state index in [1.807, 2.05) is 4.90 Å². The molecule has 2 heterocycles. The van der Waals surface area contributed by atoms with Crippen LogP contribution in [0.4, 0.5) is 0 Å². The fourth-order valence-electron chi connectivity index (χ4n) is 5.87. The monoisotopic (exact) mass is 634 g/mol. The Morgan fingerprint density at radius 1 is 1.16 bits per heavy atom. The topological polar surface area (TPSA) is 164 Å². The maximum Gasteiger partial charge on any atom is 0.238 e. The van der Waals surface area contributed by atoms with Crippen molar-refractivity contribution in [3.05, 3.63) is 29.8 Å². The summed E-state index contributed by atoms with van der Waals surface area (Å²) in [5.74, 6) is -0.624. The maximum atomic E-state index is 13.9. The zero-order chi connectivity index (χ0) is 32.0. The number of benzene rings is 1. The Kier molecular flexibility index (Phi) is 11.3. The molecule has 44 heavy (non-hydrogen) atoms. The normalized spacial score (nSPS) is 23.7. The molecule has 1 aromatic rings. The number of sulfone groups is 1. The van der Waals surface area contributed by atoms with Crippen LogP contribution in [0, 0.1) is 5.92 Å². The molecule has 1 aliphatic carbocycles. The van der Waals surface area contributed by atoms with Gasteiger partial charge in [-0.1, -0.05) is 37.8 Å². The summed E-state index contributed by atoms with van der Waals surface area (Å²) in [6.07, 6.45) is 6.54.